The summed E-state index contributed by atoms with van der Waals surface area (Å²) in [5.74, 6) is 0. The van der Waals surface area contributed by atoms with Gasteiger partial charge in [0.1, 0.15) is 0 Å². The Hall–Kier alpha value is 3.77. The Labute approximate surface area is 175 Å². The summed E-state index contributed by atoms with van der Waals surface area (Å²) < 4.78 is -10.1. The molecule has 115 valence electrons. The molecule has 0 saturated carbocycles. The Morgan fingerprint density at radius 2 is 0.789 bits per heavy atom. The van der Waals surface area contributed by atoms with Crippen molar-refractivity contribution in [2.24, 2.45) is 0 Å². The zero-order valence-electron chi connectivity index (χ0n) is 7.91. The van der Waals surface area contributed by atoms with Crippen molar-refractivity contribution < 1.29 is 0 Å². The quantitative estimate of drug-likeness (QED) is 0.323. The molecule has 0 aromatic heterocycles. The van der Waals surface area contributed by atoms with E-state index in [9.17, 15) is 0 Å². The summed E-state index contributed by atoms with van der Waals surface area (Å²) in [6.07, 6.45) is 0. The van der Waals surface area contributed by atoms with Crippen LogP contribution in [0, 0.1) is 4.84 Å². The number of hydrogen-bond donors (Lipinski definition) is 0. The van der Waals surface area contributed by atoms with Crippen LogP contribution in [0.1, 0.15) is 0 Å². The fraction of sp³-hybridized carbons (Fsp3) is 0.833. The molecule has 0 atom stereocenters. The van der Waals surface area contributed by atoms with Crippen LogP contribution in [-0.2, 0) is 0 Å². The van der Waals surface area contributed by atoms with Gasteiger partial charge >= 0.3 is 0 Å². The van der Waals surface area contributed by atoms with Crippen molar-refractivity contribution in [1.82, 2.24) is 0 Å². The van der Waals surface area contributed by atoms with Crippen LogP contribution < -0.4 is 0 Å². The van der Waals surface area contributed by atoms with E-state index in [2.05, 4.69) is 0 Å². The molecule has 0 aliphatic rings. The van der Waals surface area contributed by atoms with Gasteiger partial charge < -0.3 is 0 Å². The normalized spacial score (nSPS) is 16.1. The number of hydrogen-bond acceptors (Lipinski definition) is 0. The molecule has 0 unspecified atom stereocenters. The highest BCUT2D eigenvalue weighted by Crippen LogP contribution is 2.69. The molecule has 0 amide bonds. The van der Waals surface area contributed by atoms with Gasteiger partial charge in [-0.15, -0.1) is 11.6 Å². The van der Waals surface area contributed by atoms with E-state index >= 15 is 0 Å². The van der Waals surface area contributed by atoms with Crippen LogP contribution in [-0.4, -0.2) is 21.1 Å². The fourth-order valence-electron chi connectivity index (χ4n) is 0.852. The molecule has 0 heterocycles. The molecule has 0 aromatic rings. The minimum absolute atomic E-state index is 0.700. The van der Waals surface area contributed by atoms with Crippen molar-refractivity contribution in [3.8, 4) is 0 Å². The SMILES string of the molecule is Cl[C](Cl)C(Cl)(Cl)C(Cl)(Cl)C(Cl)(C(Cl)(Cl)Cl)C(Cl)(Cl)Cl. The molecule has 1 radical (unpaired) electrons. The summed E-state index contributed by atoms with van der Waals surface area (Å²) in [7, 11) is 0. The first-order chi connectivity index (χ1) is 7.94. The number of rotatable bonds is 3. The van der Waals surface area contributed by atoms with Crippen LogP contribution in [0.4, 0.5) is 0 Å². The maximum atomic E-state index is 6.06. The average Bonchev–Trinajstić information content (AvgIpc) is 2.11. The number of alkyl halides is 11. The maximum Gasteiger partial charge on any atom is 0.216 e. The van der Waals surface area contributed by atoms with Crippen molar-refractivity contribution >= 4 is 151 Å². The Morgan fingerprint density at radius 3 is 0.947 bits per heavy atom. The second-order valence-electron chi connectivity index (χ2n) is 3.06. The third-order valence-corrected chi connectivity index (χ3v) is 8.59. The average molecular weight is 533 g/mol. The lowest BCUT2D eigenvalue weighted by atomic mass is 10.0. The molecule has 0 rings (SSSR count). The van der Waals surface area contributed by atoms with E-state index in [-0.39, 0.29) is 0 Å². The van der Waals surface area contributed by atoms with Crippen LogP contribution >= 0.6 is 151 Å². The molecule has 0 bridgehead atoms. The topological polar surface area (TPSA) is 0 Å². The minimum atomic E-state index is -2.62. The van der Waals surface area contributed by atoms with E-state index in [0.29, 0.717) is 0 Å². The fourth-order valence-corrected chi connectivity index (χ4v) is 5.32. The second-order valence-corrected chi connectivity index (χ2v) is 11.8. The minimum Gasteiger partial charge on any atom is -0.106 e. The molecule has 19 heavy (non-hydrogen) atoms. The van der Waals surface area contributed by atoms with Gasteiger partial charge in [0, 0.05) is 0 Å². The third kappa shape index (κ3) is 4.06. The zero-order chi connectivity index (χ0) is 16.1. The summed E-state index contributed by atoms with van der Waals surface area (Å²) >= 11 is 74.7. The van der Waals surface area contributed by atoms with Crippen molar-refractivity contribution in [3.05, 3.63) is 4.84 Å². The highest BCUT2D eigenvalue weighted by molar-refractivity contribution is 6.82. The standard InChI is InChI=1S/C6Cl13/c7-1(8)2(9,10)4(12,13)3(11,5(14,15)16)6(17,18)19. The van der Waals surface area contributed by atoms with E-state index < -0.39 is 26.0 Å². The molecule has 0 spiro atoms. The smallest absolute Gasteiger partial charge is 0.106 e. The Kier molecular flexibility index (Phi) is 8.32. The van der Waals surface area contributed by atoms with Crippen LogP contribution in [0.15, 0.2) is 0 Å². The molecule has 0 aliphatic carbocycles. The predicted molar refractivity (Wildman–Crippen MR) is 93.0 cm³/mol. The first-order valence-electron chi connectivity index (χ1n) is 3.71. The summed E-state index contributed by atoms with van der Waals surface area (Å²) in [6, 6.07) is 0. The van der Waals surface area contributed by atoms with Gasteiger partial charge in [-0.1, -0.05) is 139 Å². The lowest BCUT2D eigenvalue weighted by Crippen LogP contribution is -2.66. The van der Waals surface area contributed by atoms with Crippen molar-refractivity contribution in [2.45, 2.75) is 21.1 Å². The van der Waals surface area contributed by atoms with E-state index in [1.165, 1.54) is 0 Å². The monoisotopic (exact) mass is 527 g/mol. The van der Waals surface area contributed by atoms with Gasteiger partial charge in [0.2, 0.25) is 7.59 Å². The lowest BCUT2D eigenvalue weighted by molar-refractivity contribution is 0.497. The van der Waals surface area contributed by atoms with E-state index in [1.54, 1.807) is 0 Å². The second kappa shape index (κ2) is 6.95. The third-order valence-electron chi connectivity index (χ3n) is 1.85. The first kappa shape index (κ1) is 22.8. The van der Waals surface area contributed by atoms with Crippen LogP contribution in [0.25, 0.3) is 0 Å². The molecule has 0 aliphatic heterocycles. The molecule has 0 nitrogen and oxygen atoms in total. The Balaban J connectivity index is 6.22. The largest absolute Gasteiger partial charge is 0.216 e. The van der Waals surface area contributed by atoms with E-state index in [0.717, 1.165) is 0 Å². The zero-order valence-corrected chi connectivity index (χ0v) is 17.7. The van der Waals surface area contributed by atoms with Gasteiger partial charge in [0.15, 0.2) is 18.4 Å². The molecular weight excluding hydrogens is 533 g/mol. The van der Waals surface area contributed by atoms with Crippen LogP contribution in [0.5, 0.6) is 0 Å². The van der Waals surface area contributed by atoms with Gasteiger partial charge in [0.25, 0.3) is 0 Å². The summed E-state index contributed by atoms with van der Waals surface area (Å²) in [5, 5.41) is 0. The van der Waals surface area contributed by atoms with Crippen LogP contribution in [0.2, 0.25) is 0 Å². The molecule has 0 aromatic carbocycles. The molecule has 0 N–H and O–H groups in total. The summed E-state index contributed by atoms with van der Waals surface area (Å²) in [4.78, 5) is -3.32. The molecule has 0 fully saturated rings. The van der Waals surface area contributed by atoms with Crippen LogP contribution in [0.3, 0.4) is 0 Å². The van der Waals surface area contributed by atoms with Gasteiger partial charge in [-0.3, -0.25) is 0 Å². The van der Waals surface area contributed by atoms with E-state index in [4.69, 9.17) is 151 Å². The van der Waals surface area contributed by atoms with Crippen molar-refractivity contribution in [2.75, 3.05) is 0 Å². The van der Waals surface area contributed by atoms with Gasteiger partial charge in [-0.05, 0) is 0 Å². The molecule has 0 saturated heterocycles. The summed E-state index contributed by atoms with van der Waals surface area (Å²) in [5.41, 5.74) is 0. The lowest BCUT2D eigenvalue weighted by Gasteiger charge is -2.50. The highest BCUT2D eigenvalue weighted by atomic mass is 35.6. The first-order valence-corrected chi connectivity index (χ1v) is 8.62. The van der Waals surface area contributed by atoms with Gasteiger partial charge in [0.05, 0.1) is 0 Å². The van der Waals surface area contributed by atoms with Crippen molar-refractivity contribution in [3.63, 3.8) is 0 Å². The summed E-state index contributed by atoms with van der Waals surface area (Å²) in [6.45, 7) is 0. The highest BCUT2D eigenvalue weighted by Gasteiger charge is 2.77. The van der Waals surface area contributed by atoms with Crippen molar-refractivity contribution in [1.29, 1.82) is 0 Å². The Bertz CT molecular complexity index is 305. The predicted octanol–water partition coefficient (Wildman–Crippen LogP) is 8.02. The maximum absolute atomic E-state index is 6.06. The van der Waals surface area contributed by atoms with E-state index in [1.807, 2.05) is 0 Å². The van der Waals surface area contributed by atoms with Gasteiger partial charge in [-0.25, -0.2) is 0 Å². The molecule has 13 heteroatoms. The van der Waals surface area contributed by atoms with Gasteiger partial charge in [-0.2, -0.15) is 0 Å². The molecular formula is C6Cl13. The Morgan fingerprint density at radius 1 is 0.526 bits per heavy atom. The number of halogens is 13.